The molecule has 0 amide bonds. The van der Waals surface area contributed by atoms with Crippen LogP contribution in [0.15, 0.2) is 22.7 Å². The molecule has 0 heterocycles. The lowest BCUT2D eigenvalue weighted by Crippen LogP contribution is -2.04. The number of para-hydroxylation sites is 1. The lowest BCUT2D eigenvalue weighted by molar-refractivity contribution is 0.0215. The quantitative estimate of drug-likeness (QED) is 0.467. The second-order valence-electron chi connectivity index (χ2n) is 2.62. The molecule has 4 heteroatoms. The van der Waals surface area contributed by atoms with E-state index < -0.39 is 0 Å². The van der Waals surface area contributed by atoms with Crippen molar-refractivity contribution in [2.45, 2.75) is 12.3 Å². The molecular weight excluding hydrogens is 312 g/mol. The lowest BCUT2D eigenvalue weighted by atomic mass is 10.2. The van der Waals surface area contributed by atoms with Crippen LogP contribution in [-0.4, -0.2) is 13.4 Å². The van der Waals surface area contributed by atoms with E-state index in [0.29, 0.717) is 13.4 Å². The number of ether oxygens (including phenoxy) is 2. The minimum atomic E-state index is 0.291. The highest BCUT2D eigenvalue weighted by molar-refractivity contribution is 9.10. The van der Waals surface area contributed by atoms with Gasteiger partial charge in [-0.05, 0) is 28.9 Å². The first kappa shape index (κ1) is 12.0. The maximum absolute atomic E-state index is 5.50. The summed E-state index contributed by atoms with van der Waals surface area (Å²) in [6.07, 6.45) is 0. The average molecular weight is 324 g/mol. The summed E-state index contributed by atoms with van der Waals surface area (Å²) in [6.45, 7) is 2.89. The Kier molecular flexibility index (Phi) is 5.52. The van der Waals surface area contributed by atoms with Crippen LogP contribution in [0.2, 0.25) is 0 Å². The number of rotatable bonds is 5. The summed E-state index contributed by atoms with van der Waals surface area (Å²) >= 11 is 6.85. The Labute approximate surface area is 101 Å². The van der Waals surface area contributed by atoms with Crippen molar-refractivity contribution in [3.63, 3.8) is 0 Å². The van der Waals surface area contributed by atoms with Gasteiger partial charge in [0.25, 0.3) is 0 Å². The number of alkyl halides is 1. The number of hydrogen-bond donors (Lipinski definition) is 0. The summed E-state index contributed by atoms with van der Waals surface area (Å²) in [5.41, 5.74) is 1.11. The molecule has 0 fully saturated rings. The van der Waals surface area contributed by atoms with E-state index in [0.717, 1.165) is 21.1 Å². The van der Waals surface area contributed by atoms with E-state index in [1.54, 1.807) is 0 Å². The maximum atomic E-state index is 5.50. The van der Waals surface area contributed by atoms with Gasteiger partial charge in [-0.3, -0.25) is 0 Å². The Balaban J connectivity index is 2.72. The van der Waals surface area contributed by atoms with E-state index in [2.05, 4.69) is 31.9 Å². The average Bonchev–Trinajstić information content (AvgIpc) is 2.20. The summed E-state index contributed by atoms with van der Waals surface area (Å²) in [7, 11) is 0. The standard InChI is InChI=1S/C10H12Br2O2/c1-2-13-7-14-10-8(6-11)4-3-5-9(10)12/h3-5H,2,6-7H2,1H3. The Morgan fingerprint density at radius 1 is 1.36 bits per heavy atom. The Morgan fingerprint density at radius 3 is 2.79 bits per heavy atom. The SMILES string of the molecule is CCOCOc1c(Br)cccc1CBr. The molecule has 2 nitrogen and oxygen atoms in total. The van der Waals surface area contributed by atoms with Crippen LogP contribution >= 0.6 is 31.9 Å². The molecule has 0 aliphatic heterocycles. The molecule has 0 radical (unpaired) electrons. The molecule has 14 heavy (non-hydrogen) atoms. The molecule has 0 aliphatic carbocycles. The fourth-order valence-corrected chi connectivity index (χ4v) is 1.97. The zero-order valence-electron chi connectivity index (χ0n) is 7.93. The summed E-state index contributed by atoms with van der Waals surface area (Å²) in [4.78, 5) is 0. The van der Waals surface area contributed by atoms with Crippen molar-refractivity contribution >= 4 is 31.9 Å². The van der Waals surface area contributed by atoms with Crippen LogP contribution in [0.5, 0.6) is 5.75 Å². The van der Waals surface area contributed by atoms with Crippen LogP contribution in [0, 0.1) is 0 Å². The van der Waals surface area contributed by atoms with E-state index >= 15 is 0 Å². The van der Waals surface area contributed by atoms with Crippen molar-refractivity contribution in [3.8, 4) is 5.75 Å². The van der Waals surface area contributed by atoms with Gasteiger partial charge in [0.05, 0.1) is 4.47 Å². The van der Waals surface area contributed by atoms with Crippen LogP contribution in [0.1, 0.15) is 12.5 Å². The van der Waals surface area contributed by atoms with E-state index in [4.69, 9.17) is 9.47 Å². The van der Waals surface area contributed by atoms with Crippen LogP contribution in [0.25, 0.3) is 0 Å². The van der Waals surface area contributed by atoms with Gasteiger partial charge >= 0.3 is 0 Å². The predicted molar refractivity (Wildman–Crippen MR) is 63.9 cm³/mol. The molecule has 1 aromatic carbocycles. The van der Waals surface area contributed by atoms with Crippen molar-refractivity contribution in [1.29, 1.82) is 0 Å². The Hall–Kier alpha value is -0.0600. The minimum absolute atomic E-state index is 0.291. The lowest BCUT2D eigenvalue weighted by Gasteiger charge is -2.11. The first-order valence-electron chi connectivity index (χ1n) is 4.33. The van der Waals surface area contributed by atoms with Gasteiger partial charge in [0.1, 0.15) is 5.75 Å². The molecular formula is C10H12Br2O2. The predicted octanol–water partition coefficient (Wildman–Crippen LogP) is 3.72. The first-order valence-corrected chi connectivity index (χ1v) is 6.25. The number of halogens is 2. The molecule has 0 bridgehead atoms. The molecule has 0 N–H and O–H groups in total. The highest BCUT2D eigenvalue weighted by Gasteiger charge is 2.06. The van der Waals surface area contributed by atoms with Crippen molar-refractivity contribution < 1.29 is 9.47 Å². The second-order valence-corrected chi connectivity index (χ2v) is 4.03. The monoisotopic (exact) mass is 322 g/mol. The summed E-state index contributed by atoms with van der Waals surface area (Å²) in [5, 5.41) is 0.772. The molecule has 0 aromatic heterocycles. The molecule has 0 spiro atoms. The summed E-state index contributed by atoms with van der Waals surface area (Å²) in [5.74, 6) is 0.845. The van der Waals surface area contributed by atoms with Gasteiger partial charge in [-0.15, -0.1) is 0 Å². The summed E-state index contributed by atoms with van der Waals surface area (Å²) < 4.78 is 11.6. The second kappa shape index (κ2) is 6.43. The van der Waals surface area contributed by atoms with E-state index in [9.17, 15) is 0 Å². The highest BCUT2D eigenvalue weighted by Crippen LogP contribution is 2.30. The van der Waals surface area contributed by atoms with Crippen LogP contribution in [-0.2, 0) is 10.1 Å². The molecule has 0 saturated heterocycles. The van der Waals surface area contributed by atoms with Gasteiger partial charge in [-0.2, -0.15) is 0 Å². The van der Waals surface area contributed by atoms with Gasteiger partial charge in [-0.25, -0.2) is 0 Å². The first-order chi connectivity index (χ1) is 6.79. The highest BCUT2D eigenvalue weighted by atomic mass is 79.9. The van der Waals surface area contributed by atoms with Gasteiger partial charge in [0.2, 0.25) is 0 Å². The number of hydrogen-bond acceptors (Lipinski definition) is 2. The van der Waals surface area contributed by atoms with Crippen molar-refractivity contribution in [1.82, 2.24) is 0 Å². The fourth-order valence-electron chi connectivity index (χ4n) is 1.00. The topological polar surface area (TPSA) is 18.5 Å². The molecule has 1 aromatic rings. The van der Waals surface area contributed by atoms with Gasteiger partial charge in [0, 0.05) is 17.5 Å². The fraction of sp³-hybridized carbons (Fsp3) is 0.400. The Morgan fingerprint density at radius 2 is 2.14 bits per heavy atom. The molecule has 0 saturated carbocycles. The van der Waals surface area contributed by atoms with Gasteiger partial charge < -0.3 is 9.47 Å². The minimum Gasteiger partial charge on any atom is -0.466 e. The maximum Gasteiger partial charge on any atom is 0.189 e. The zero-order valence-corrected chi connectivity index (χ0v) is 11.1. The van der Waals surface area contributed by atoms with Crippen LogP contribution < -0.4 is 4.74 Å². The van der Waals surface area contributed by atoms with Crippen molar-refractivity contribution in [3.05, 3.63) is 28.2 Å². The molecule has 78 valence electrons. The third kappa shape index (κ3) is 3.26. The largest absolute Gasteiger partial charge is 0.466 e. The van der Waals surface area contributed by atoms with E-state index in [1.807, 2.05) is 25.1 Å². The molecule has 0 unspecified atom stereocenters. The van der Waals surface area contributed by atoms with E-state index in [-0.39, 0.29) is 0 Å². The van der Waals surface area contributed by atoms with Gasteiger partial charge in [-0.1, -0.05) is 28.1 Å². The smallest absolute Gasteiger partial charge is 0.189 e. The normalized spacial score (nSPS) is 10.2. The van der Waals surface area contributed by atoms with E-state index in [1.165, 1.54) is 0 Å². The molecule has 1 rings (SSSR count). The van der Waals surface area contributed by atoms with Crippen LogP contribution in [0.4, 0.5) is 0 Å². The zero-order chi connectivity index (χ0) is 10.4. The van der Waals surface area contributed by atoms with Crippen molar-refractivity contribution in [2.75, 3.05) is 13.4 Å². The van der Waals surface area contributed by atoms with Crippen molar-refractivity contribution in [2.24, 2.45) is 0 Å². The van der Waals surface area contributed by atoms with Gasteiger partial charge in [0.15, 0.2) is 6.79 Å². The molecule has 0 atom stereocenters. The number of benzene rings is 1. The molecule has 0 aliphatic rings. The Bertz CT molecular complexity index is 289. The van der Waals surface area contributed by atoms with Crippen LogP contribution in [0.3, 0.4) is 0 Å². The summed E-state index contributed by atoms with van der Waals surface area (Å²) in [6, 6.07) is 5.95. The third-order valence-electron chi connectivity index (χ3n) is 1.68. The third-order valence-corrected chi connectivity index (χ3v) is 2.91.